The molecule has 0 aromatic carbocycles. The summed E-state index contributed by atoms with van der Waals surface area (Å²) in [7, 11) is 0. The first-order chi connectivity index (χ1) is 11.3. The highest BCUT2D eigenvalue weighted by Crippen LogP contribution is 2.23. The number of carbonyl (C=O) groups excluding carboxylic acids is 2. The lowest BCUT2D eigenvalue weighted by Crippen LogP contribution is -2.51. The molecule has 1 N–H and O–H groups in total. The molecule has 0 radical (unpaired) electrons. The predicted octanol–water partition coefficient (Wildman–Crippen LogP) is 2.49. The van der Waals surface area contributed by atoms with Gasteiger partial charge in [-0.25, -0.2) is 4.79 Å². The molecule has 3 atom stereocenters. The highest BCUT2D eigenvalue weighted by molar-refractivity contribution is 6.03. The maximum absolute atomic E-state index is 13.0. The zero-order valence-corrected chi connectivity index (χ0v) is 15.4. The largest absolute Gasteiger partial charge is 0.462 e. The van der Waals surface area contributed by atoms with Crippen molar-refractivity contribution in [2.45, 2.75) is 59.8 Å². The van der Waals surface area contributed by atoms with Crippen LogP contribution in [0.3, 0.4) is 0 Å². The molecule has 3 unspecified atom stereocenters. The maximum atomic E-state index is 13.0. The van der Waals surface area contributed by atoms with Crippen molar-refractivity contribution in [3.8, 4) is 0 Å². The molecule has 1 saturated heterocycles. The van der Waals surface area contributed by atoms with Crippen LogP contribution >= 0.6 is 0 Å². The van der Waals surface area contributed by atoms with E-state index in [1.165, 1.54) is 0 Å². The van der Waals surface area contributed by atoms with E-state index < -0.39 is 0 Å². The Balaban J connectivity index is 2.23. The minimum absolute atomic E-state index is 0.00699. The number of ether oxygens (including phenoxy) is 2. The van der Waals surface area contributed by atoms with Crippen LogP contribution < -0.4 is 0 Å². The average Bonchev–Trinajstić information content (AvgIpc) is 2.80. The van der Waals surface area contributed by atoms with E-state index in [2.05, 4.69) is 9.88 Å². The first-order valence-corrected chi connectivity index (χ1v) is 8.56. The van der Waals surface area contributed by atoms with Crippen LogP contribution in [0.4, 0.5) is 0 Å². The number of ketones is 1. The Morgan fingerprint density at radius 1 is 1.29 bits per heavy atom. The van der Waals surface area contributed by atoms with Gasteiger partial charge in [-0.2, -0.15) is 0 Å². The van der Waals surface area contributed by atoms with Crippen LogP contribution in [0.1, 0.15) is 59.8 Å². The van der Waals surface area contributed by atoms with Crippen LogP contribution in [-0.4, -0.2) is 59.6 Å². The monoisotopic (exact) mass is 336 g/mol. The van der Waals surface area contributed by atoms with E-state index in [0.29, 0.717) is 29.1 Å². The van der Waals surface area contributed by atoms with Gasteiger partial charge in [0.2, 0.25) is 0 Å². The number of Topliss-reactive ketones (excluding diaryl/α,β-unsaturated/α-hetero) is 1. The zero-order valence-electron chi connectivity index (χ0n) is 15.4. The van der Waals surface area contributed by atoms with E-state index in [1.54, 1.807) is 20.8 Å². The van der Waals surface area contributed by atoms with Gasteiger partial charge in [-0.15, -0.1) is 0 Å². The van der Waals surface area contributed by atoms with Crippen molar-refractivity contribution in [3.63, 3.8) is 0 Å². The van der Waals surface area contributed by atoms with Gasteiger partial charge in [-0.1, -0.05) is 0 Å². The van der Waals surface area contributed by atoms with Crippen LogP contribution in [0, 0.1) is 13.8 Å². The van der Waals surface area contributed by atoms with Crippen molar-refractivity contribution in [2.75, 3.05) is 19.7 Å². The van der Waals surface area contributed by atoms with Crippen LogP contribution in [-0.2, 0) is 9.47 Å². The Morgan fingerprint density at radius 3 is 2.42 bits per heavy atom. The molecule has 0 amide bonds. The van der Waals surface area contributed by atoms with Crippen LogP contribution in [0.15, 0.2) is 0 Å². The van der Waals surface area contributed by atoms with Gasteiger partial charge >= 0.3 is 5.97 Å². The molecule has 1 aromatic rings. The fourth-order valence-corrected chi connectivity index (χ4v) is 3.41. The number of hydrogen-bond acceptors (Lipinski definition) is 5. The summed E-state index contributed by atoms with van der Waals surface area (Å²) in [6, 6.07) is -0.273. The van der Waals surface area contributed by atoms with Gasteiger partial charge in [0.05, 0.1) is 36.1 Å². The smallest absolute Gasteiger partial charge is 0.340 e. The lowest BCUT2D eigenvalue weighted by molar-refractivity contribution is -0.0744. The Kier molecular flexibility index (Phi) is 5.83. The van der Waals surface area contributed by atoms with Crippen molar-refractivity contribution in [2.24, 2.45) is 0 Å². The van der Waals surface area contributed by atoms with E-state index >= 15 is 0 Å². The minimum Gasteiger partial charge on any atom is -0.462 e. The molecule has 24 heavy (non-hydrogen) atoms. The Bertz CT molecular complexity index is 613. The summed E-state index contributed by atoms with van der Waals surface area (Å²) >= 11 is 0. The summed E-state index contributed by atoms with van der Waals surface area (Å²) in [4.78, 5) is 30.3. The Labute approximate surface area is 143 Å². The van der Waals surface area contributed by atoms with Gasteiger partial charge in [0.1, 0.15) is 0 Å². The standard InChI is InChI=1S/C18H28N2O4/c1-7-23-18(22)15-12(4)16(19-13(15)5)17(21)14(6)20-8-10(2)24-11(3)9-20/h10-11,14,19H,7-9H2,1-6H3. The number of nitrogens with zero attached hydrogens (tertiary/aromatic N) is 1. The summed E-state index contributed by atoms with van der Waals surface area (Å²) in [6.45, 7) is 13.1. The number of H-pyrrole nitrogens is 1. The third kappa shape index (κ3) is 3.70. The van der Waals surface area contributed by atoms with Crippen LogP contribution in [0.2, 0.25) is 0 Å². The van der Waals surface area contributed by atoms with E-state index in [4.69, 9.17) is 9.47 Å². The topological polar surface area (TPSA) is 71.6 Å². The first-order valence-electron chi connectivity index (χ1n) is 8.56. The lowest BCUT2D eigenvalue weighted by atomic mass is 10.0. The van der Waals surface area contributed by atoms with E-state index in [-0.39, 0.29) is 30.0 Å². The lowest BCUT2D eigenvalue weighted by Gasteiger charge is -2.38. The number of aromatic nitrogens is 1. The molecular formula is C18H28N2O4. The van der Waals surface area contributed by atoms with Crippen molar-refractivity contribution in [3.05, 3.63) is 22.5 Å². The molecule has 0 spiro atoms. The molecule has 1 aromatic heterocycles. The Hall–Kier alpha value is -1.66. The first kappa shape index (κ1) is 18.7. The van der Waals surface area contributed by atoms with Gasteiger partial charge < -0.3 is 14.5 Å². The number of hydrogen-bond donors (Lipinski definition) is 1. The molecular weight excluding hydrogens is 308 g/mol. The van der Waals surface area contributed by atoms with Crippen LogP contribution in [0.25, 0.3) is 0 Å². The molecule has 0 bridgehead atoms. The normalized spacial score (nSPS) is 23.1. The van der Waals surface area contributed by atoms with Crippen molar-refractivity contribution in [1.29, 1.82) is 0 Å². The number of nitrogens with one attached hydrogen (secondary N) is 1. The molecule has 1 aliphatic rings. The fraction of sp³-hybridized carbons (Fsp3) is 0.667. The highest BCUT2D eigenvalue weighted by atomic mass is 16.5. The molecule has 2 rings (SSSR count). The Morgan fingerprint density at radius 2 is 1.88 bits per heavy atom. The van der Waals surface area contributed by atoms with E-state index in [9.17, 15) is 9.59 Å². The number of morpholine rings is 1. The molecule has 1 aliphatic heterocycles. The van der Waals surface area contributed by atoms with Crippen molar-refractivity contribution < 1.29 is 19.1 Å². The number of aromatic amines is 1. The van der Waals surface area contributed by atoms with Gasteiger partial charge in [0.25, 0.3) is 0 Å². The highest BCUT2D eigenvalue weighted by Gasteiger charge is 2.32. The number of esters is 1. The number of rotatable bonds is 5. The second-order valence-corrected chi connectivity index (χ2v) is 6.60. The third-order valence-electron chi connectivity index (χ3n) is 4.54. The van der Waals surface area contributed by atoms with Crippen molar-refractivity contribution >= 4 is 11.8 Å². The summed E-state index contributed by atoms with van der Waals surface area (Å²) in [5.41, 5.74) is 2.30. The fourth-order valence-electron chi connectivity index (χ4n) is 3.41. The summed E-state index contributed by atoms with van der Waals surface area (Å²) in [6.07, 6.45) is 0.205. The molecule has 0 saturated carbocycles. The zero-order chi connectivity index (χ0) is 18.0. The second-order valence-electron chi connectivity index (χ2n) is 6.60. The summed E-state index contributed by atoms with van der Waals surface area (Å²) in [5.74, 6) is -0.392. The number of aryl methyl sites for hydroxylation is 1. The predicted molar refractivity (Wildman–Crippen MR) is 91.6 cm³/mol. The summed E-state index contributed by atoms with van der Waals surface area (Å²) < 4.78 is 10.8. The average molecular weight is 336 g/mol. The second kappa shape index (κ2) is 7.49. The quantitative estimate of drug-likeness (QED) is 0.661. The van der Waals surface area contributed by atoms with E-state index in [0.717, 1.165) is 13.1 Å². The van der Waals surface area contributed by atoms with Gasteiger partial charge in [0.15, 0.2) is 5.78 Å². The SMILES string of the molecule is CCOC(=O)c1c(C)[nH]c(C(=O)C(C)N2CC(C)OC(C)C2)c1C. The molecule has 2 heterocycles. The minimum atomic E-state index is -0.385. The molecule has 134 valence electrons. The number of carbonyl (C=O) groups is 2. The molecule has 0 aliphatic carbocycles. The van der Waals surface area contributed by atoms with Gasteiger partial charge in [-0.3, -0.25) is 9.69 Å². The molecule has 1 fully saturated rings. The van der Waals surface area contributed by atoms with Crippen molar-refractivity contribution in [1.82, 2.24) is 9.88 Å². The third-order valence-corrected chi connectivity index (χ3v) is 4.54. The molecule has 6 nitrogen and oxygen atoms in total. The van der Waals surface area contributed by atoms with Gasteiger partial charge in [-0.05, 0) is 47.1 Å². The molecule has 6 heteroatoms. The van der Waals surface area contributed by atoms with Crippen LogP contribution in [0.5, 0.6) is 0 Å². The summed E-state index contributed by atoms with van der Waals surface area (Å²) in [5, 5.41) is 0. The van der Waals surface area contributed by atoms with E-state index in [1.807, 2.05) is 20.8 Å². The maximum Gasteiger partial charge on any atom is 0.340 e. The van der Waals surface area contributed by atoms with Gasteiger partial charge in [0, 0.05) is 18.8 Å².